The molecule has 0 saturated heterocycles. The van der Waals surface area contributed by atoms with Crippen molar-refractivity contribution in [2.75, 3.05) is 0 Å². The number of halogens is 4. The molecule has 0 aliphatic heterocycles. The van der Waals surface area contributed by atoms with Crippen LogP contribution in [0.4, 0.5) is 13.2 Å². The highest BCUT2D eigenvalue weighted by atomic mass is 79.9. The number of rotatable bonds is 5. The van der Waals surface area contributed by atoms with Crippen LogP contribution in [0.15, 0.2) is 53.0 Å². The summed E-state index contributed by atoms with van der Waals surface area (Å²) in [4.78, 5) is 23.5. The highest BCUT2D eigenvalue weighted by molar-refractivity contribution is 9.10. The average molecular weight is 416 g/mol. The second-order valence-corrected chi connectivity index (χ2v) is 6.19. The Morgan fingerprint density at radius 2 is 1.60 bits per heavy atom. The summed E-state index contributed by atoms with van der Waals surface area (Å²) in [7, 11) is 0. The number of carboxylic acid groups (broad SMARTS) is 1. The molecule has 0 heterocycles. The zero-order valence-corrected chi connectivity index (χ0v) is 14.3. The molecule has 0 aliphatic rings. The summed E-state index contributed by atoms with van der Waals surface area (Å²) in [5.74, 6) is -1.85. The Balaban J connectivity index is 2.09. The van der Waals surface area contributed by atoms with Crippen molar-refractivity contribution in [3.8, 4) is 0 Å². The Bertz CT molecular complexity index is 758. The SMILES string of the molecule is O=C(N[C@@H](Cc1ccc(C(F)(F)F)cc1)C(=O)O)c1ccc(Br)cc1. The lowest BCUT2D eigenvalue weighted by molar-refractivity contribution is -0.139. The summed E-state index contributed by atoms with van der Waals surface area (Å²) in [6.07, 6.45) is -4.59. The summed E-state index contributed by atoms with van der Waals surface area (Å²) in [5.41, 5.74) is -0.166. The smallest absolute Gasteiger partial charge is 0.416 e. The van der Waals surface area contributed by atoms with Crippen LogP contribution in [0, 0.1) is 0 Å². The lowest BCUT2D eigenvalue weighted by Gasteiger charge is -2.15. The van der Waals surface area contributed by atoms with Crippen molar-refractivity contribution in [3.63, 3.8) is 0 Å². The molecule has 1 amide bonds. The Kier molecular flexibility index (Phi) is 5.84. The molecule has 0 aliphatic carbocycles. The molecule has 132 valence electrons. The molecule has 0 bridgehead atoms. The number of carbonyl (C=O) groups is 2. The number of nitrogens with one attached hydrogen (secondary N) is 1. The lowest BCUT2D eigenvalue weighted by atomic mass is 10.0. The van der Waals surface area contributed by atoms with E-state index in [9.17, 15) is 27.9 Å². The predicted octanol–water partition coefficient (Wildman–Crippen LogP) is 3.89. The number of hydrogen-bond acceptors (Lipinski definition) is 2. The topological polar surface area (TPSA) is 66.4 Å². The van der Waals surface area contributed by atoms with Gasteiger partial charge in [-0.25, -0.2) is 4.79 Å². The maximum atomic E-state index is 12.5. The molecule has 1 atom stereocenters. The maximum Gasteiger partial charge on any atom is 0.416 e. The van der Waals surface area contributed by atoms with Crippen molar-refractivity contribution in [3.05, 3.63) is 69.7 Å². The van der Waals surface area contributed by atoms with Gasteiger partial charge in [0.25, 0.3) is 5.91 Å². The van der Waals surface area contributed by atoms with Crippen molar-refractivity contribution in [1.29, 1.82) is 0 Å². The van der Waals surface area contributed by atoms with Crippen LogP contribution in [0.2, 0.25) is 0 Å². The first kappa shape index (κ1) is 19.0. The van der Waals surface area contributed by atoms with E-state index >= 15 is 0 Å². The summed E-state index contributed by atoms with van der Waals surface area (Å²) >= 11 is 3.23. The van der Waals surface area contributed by atoms with Crippen LogP contribution in [-0.4, -0.2) is 23.0 Å². The minimum atomic E-state index is -4.46. The van der Waals surface area contributed by atoms with Gasteiger partial charge in [0, 0.05) is 16.5 Å². The van der Waals surface area contributed by atoms with Gasteiger partial charge in [0.15, 0.2) is 0 Å². The van der Waals surface area contributed by atoms with Gasteiger partial charge in [-0.3, -0.25) is 4.79 Å². The molecule has 2 N–H and O–H groups in total. The van der Waals surface area contributed by atoms with Crippen molar-refractivity contribution in [2.45, 2.75) is 18.6 Å². The third kappa shape index (κ3) is 5.32. The Morgan fingerprint density at radius 3 is 2.08 bits per heavy atom. The maximum absolute atomic E-state index is 12.5. The van der Waals surface area contributed by atoms with Crippen LogP contribution in [0.1, 0.15) is 21.5 Å². The summed E-state index contributed by atoms with van der Waals surface area (Å²) in [6, 6.07) is 9.23. The normalized spacial score (nSPS) is 12.5. The molecule has 2 aromatic rings. The average Bonchev–Trinajstić information content (AvgIpc) is 2.54. The molecular formula is C17H13BrF3NO3. The van der Waals surface area contributed by atoms with Gasteiger partial charge >= 0.3 is 12.1 Å². The predicted molar refractivity (Wildman–Crippen MR) is 88.2 cm³/mol. The Morgan fingerprint density at radius 1 is 1.04 bits per heavy atom. The number of hydrogen-bond donors (Lipinski definition) is 2. The number of alkyl halides is 3. The third-order valence-electron chi connectivity index (χ3n) is 3.43. The Hall–Kier alpha value is -2.35. The largest absolute Gasteiger partial charge is 0.480 e. The van der Waals surface area contributed by atoms with E-state index in [0.29, 0.717) is 5.56 Å². The van der Waals surface area contributed by atoms with Gasteiger partial charge in [0.2, 0.25) is 0 Å². The molecule has 0 saturated carbocycles. The van der Waals surface area contributed by atoms with Crippen LogP contribution < -0.4 is 5.32 Å². The van der Waals surface area contributed by atoms with Crippen molar-refractivity contribution < 1.29 is 27.9 Å². The lowest BCUT2D eigenvalue weighted by Crippen LogP contribution is -2.42. The number of amides is 1. The van der Waals surface area contributed by atoms with E-state index in [1.165, 1.54) is 24.3 Å². The zero-order valence-electron chi connectivity index (χ0n) is 12.7. The number of benzene rings is 2. The first-order valence-electron chi connectivity index (χ1n) is 7.12. The van der Waals surface area contributed by atoms with E-state index in [0.717, 1.165) is 16.6 Å². The molecule has 0 aromatic heterocycles. The van der Waals surface area contributed by atoms with E-state index in [-0.39, 0.29) is 12.0 Å². The van der Waals surface area contributed by atoms with E-state index < -0.39 is 29.7 Å². The monoisotopic (exact) mass is 415 g/mol. The quantitative estimate of drug-likeness (QED) is 0.778. The fraction of sp³-hybridized carbons (Fsp3) is 0.176. The van der Waals surface area contributed by atoms with Crippen LogP contribution >= 0.6 is 15.9 Å². The molecule has 25 heavy (non-hydrogen) atoms. The third-order valence-corrected chi connectivity index (χ3v) is 3.96. The fourth-order valence-corrected chi connectivity index (χ4v) is 2.37. The van der Waals surface area contributed by atoms with Gasteiger partial charge in [-0.1, -0.05) is 28.1 Å². The number of carbonyl (C=O) groups excluding carboxylic acids is 1. The zero-order chi connectivity index (χ0) is 18.6. The minimum absolute atomic E-state index is 0.129. The van der Waals surface area contributed by atoms with Gasteiger partial charge in [0.05, 0.1) is 5.56 Å². The molecule has 4 nitrogen and oxygen atoms in total. The molecule has 8 heteroatoms. The van der Waals surface area contributed by atoms with E-state index in [1.807, 2.05) is 0 Å². The van der Waals surface area contributed by atoms with Crippen LogP contribution in [-0.2, 0) is 17.4 Å². The highest BCUT2D eigenvalue weighted by Crippen LogP contribution is 2.29. The van der Waals surface area contributed by atoms with Crippen LogP contribution in [0.25, 0.3) is 0 Å². The van der Waals surface area contributed by atoms with Crippen LogP contribution in [0.3, 0.4) is 0 Å². The summed E-state index contributed by atoms with van der Waals surface area (Å²) < 4.78 is 38.4. The number of aliphatic carboxylic acids is 1. The van der Waals surface area contributed by atoms with E-state index in [2.05, 4.69) is 21.2 Å². The number of carboxylic acids is 1. The molecule has 0 unspecified atom stereocenters. The molecule has 0 radical (unpaired) electrons. The molecule has 2 aromatic carbocycles. The minimum Gasteiger partial charge on any atom is -0.480 e. The second-order valence-electron chi connectivity index (χ2n) is 5.27. The highest BCUT2D eigenvalue weighted by Gasteiger charge is 2.30. The molecule has 0 spiro atoms. The van der Waals surface area contributed by atoms with Gasteiger partial charge in [-0.2, -0.15) is 13.2 Å². The Labute approximate surface area is 149 Å². The van der Waals surface area contributed by atoms with Crippen LogP contribution in [0.5, 0.6) is 0 Å². The summed E-state index contributed by atoms with van der Waals surface area (Å²) in [6.45, 7) is 0. The first-order valence-corrected chi connectivity index (χ1v) is 7.91. The van der Waals surface area contributed by atoms with E-state index in [1.54, 1.807) is 12.1 Å². The van der Waals surface area contributed by atoms with E-state index in [4.69, 9.17) is 0 Å². The standard InChI is InChI=1S/C17H13BrF3NO3/c18-13-7-3-11(4-8-13)15(23)22-14(16(24)25)9-10-1-5-12(6-2-10)17(19,20)21/h1-8,14H,9H2,(H,22,23)(H,24,25)/t14-/m0/s1. The molecule has 0 fully saturated rings. The molecular weight excluding hydrogens is 403 g/mol. The van der Waals surface area contributed by atoms with Gasteiger partial charge in [-0.05, 0) is 42.0 Å². The van der Waals surface area contributed by atoms with Gasteiger partial charge < -0.3 is 10.4 Å². The van der Waals surface area contributed by atoms with Crippen molar-refractivity contribution in [2.24, 2.45) is 0 Å². The van der Waals surface area contributed by atoms with Crippen molar-refractivity contribution >= 4 is 27.8 Å². The second kappa shape index (κ2) is 7.69. The molecule has 2 rings (SSSR count). The van der Waals surface area contributed by atoms with Gasteiger partial charge in [-0.15, -0.1) is 0 Å². The summed E-state index contributed by atoms with van der Waals surface area (Å²) in [5, 5.41) is 11.6. The van der Waals surface area contributed by atoms with Crippen molar-refractivity contribution in [1.82, 2.24) is 5.32 Å². The first-order chi connectivity index (χ1) is 11.7. The fourth-order valence-electron chi connectivity index (χ4n) is 2.11. The van der Waals surface area contributed by atoms with Gasteiger partial charge in [0.1, 0.15) is 6.04 Å².